The minimum atomic E-state index is -5.13. The summed E-state index contributed by atoms with van der Waals surface area (Å²) in [5.74, 6) is -2.35. The maximum atomic E-state index is 15.2. The average Bonchev–Trinajstić information content (AvgIpc) is 3.05. The molecule has 2 amide bonds. The molecule has 188 valence electrons. The van der Waals surface area contributed by atoms with E-state index in [-0.39, 0.29) is 11.0 Å². The summed E-state index contributed by atoms with van der Waals surface area (Å²) in [5.41, 5.74) is -2.79. The Morgan fingerprint density at radius 2 is 1.86 bits per heavy atom. The Labute approximate surface area is 210 Å². The topological polar surface area (TPSA) is 76.4 Å². The predicted molar refractivity (Wildman–Crippen MR) is 129 cm³/mol. The van der Waals surface area contributed by atoms with Gasteiger partial charge in [0.25, 0.3) is 5.91 Å². The molecular weight excluding hydrogens is 496 g/mol. The van der Waals surface area contributed by atoms with Crippen molar-refractivity contribution in [2.45, 2.75) is 50.2 Å². The van der Waals surface area contributed by atoms with Gasteiger partial charge in [-0.2, -0.15) is 18.4 Å². The number of amides is 2. The molecule has 36 heavy (non-hydrogen) atoms. The van der Waals surface area contributed by atoms with Gasteiger partial charge in [0.15, 0.2) is 10.9 Å². The number of nitrogens with one attached hydrogen (secondary N) is 1. The summed E-state index contributed by atoms with van der Waals surface area (Å²) in [6.45, 7) is 0. The van der Waals surface area contributed by atoms with Crippen molar-refractivity contribution in [1.82, 2.24) is 5.32 Å². The Hall–Kier alpha value is -3.52. The maximum Gasteiger partial charge on any atom is 0.420 e. The van der Waals surface area contributed by atoms with E-state index < -0.39 is 40.3 Å². The Morgan fingerprint density at radius 3 is 2.39 bits per heavy atom. The minimum absolute atomic E-state index is 0.0525. The van der Waals surface area contributed by atoms with Crippen LogP contribution in [0.25, 0.3) is 0 Å². The van der Waals surface area contributed by atoms with E-state index in [0.29, 0.717) is 44.2 Å². The van der Waals surface area contributed by atoms with Crippen molar-refractivity contribution >= 4 is 40.5 Å². The summed E-state index contributed by atoms with van der Waals surface area (Å²) in [4.78, 5) is 27.3. The van der Waals surface area contributed by atoms with E-state index in [4.69, 9.17) is 17.5 Å². The SMILES string of the molecule is CNC(=O)CCCc1ccc(N2C(=S)N(c3ccc(C#N)c(C(F)(F)F)c3F)C(=O)C23CCC3)cc1. The lowest BCUT2D eigenvalue weighted by Gasteiger charge is -2.43. The van der Waals surface area contributed by atoms with Gasteiger partial charge in [0.2, 0.25) is 5.91 Å². The Kier molecular flexibility index (Phi) is 6.75. The molecule has 1 saturated carbocycles. The normalized spacial score (nSPS) is 16.8. The van der Waals surface area contributed by atoms with Crippen LogP contribution in [0.2, 0.25) is 0 Å². The fourth-order valence-corrected chi connectivity index (χ4v) is 5.15. The molecule has 1 spiro atoms. The van der Waals surface area contributed by atoms with Crippen LogP contribution in [0.4, 0.5) is 28.9 Å². The largest absolute Gasteiger partial charge is 0.420 e. The summed E-state index contributed by atoms with van der Waals surface area (Å²) in [6.07, 6.45) is -1.89. The molecule has 2 aromatic rings. The van der Waals surface area contributed by atoms with Gasteiger partial charge in [0, 0.05) is 19.2 Å². The highest BCUT2D eigenvalue weighted by atomic mass is 32.1. The molecule has 2 aromatic carbocycles. The zero-order valence-electron chi connectivity index (χ0n) is 19.3. The van der Waals surface area contributed by atoms with Crippen LogP contribution < -0.4 is 15.1 Å². The van der Waals surface area contributed by atoms with Crippen molar-refractivity contribution in [3.05, 3.63) is 58.9 Å². The number of nitrogens with zero attached hydrogens (tertiary/aromatic N) is 3. The minimum Gasteiger partial charge on any atom is -0.359 e. The van der Waals surface area contributed by atoms with Crippen LogP contribution in [0.15, 0.2) is 36.4 Å². The molecule has 6 nitrogen and oxygen atoms in total. The molecule has 1 aliphatic carbocycles. The zero-order chi connectivity index (χ0) is 26.3. The smallest absolute Gasteiger partial charge is 0.359 e. The van der Waals surface area contributed by atoms with Crippen molar-refractivity contribution < 1.29 is 27.2 Å². The van der Waals surface area contributed by atoms with Gasteiger partial charge in [-0.15, -0.1) is 0 Å². The fraction of sp³-hybridized carbons (Fsp3) is 0.360. The molecule has 2 fully saturated rings. The molecule has 0 atom stereocenters. The van der Waals surface area contributed by atoms with Gasteiger partial charge in [-0.3, -0.25) is 14.5 Å². The van der Waals surface area contributed by atoms with Crippen LogP contribution in [-0.2, 0) is 22.2 Å². The molecule has 0 bridgehead atoms. The van der Waals surface area contributed by atoms with Crippen LogP contribution in [-0.4, -0.2) is 29.5 Å². The number of thiocarbonyl (C=S) groups is 1. The molecular formula is C25H22F4N4O2S. The highest BCUT2D eigenvalue weighted by molar-refractivity contribution is 7.81. The second-order valence-corrected chi connectivity index (χ2v) is 9.13. The Balaban J connectivity index is 1.68. The first-order chi connectivity index (χ1) is 17.0. The number of hydrogen-bond acceptors (Lipinski definition) is 4. The summed E-state index contributed by atoms with van der Waals surface area (Å²) in [6, 6.07) is 10.4. The van der Waals surface area contributed by atoms with E-state index in [1.165, 1.54) is 6.07 Å². The molecule has 0 radical (unpaired) electrons. The van der Waals surface area contributed by atoms with Gasteiger partial charge in [-0.05, 0) is 74.2 Å². The number of carbonyl (C=O) groups excluding carboxylic acids is 2. The number of alkyl halides is 3. The number of aryl methyl sites for hydroxylation is 1. The lowest BCUT2D eigenvalue weighted by atomic mass is 9.75. The third-order valence-corrected chi connectivity index (χ3v) is 7.07. The summed E-state index contributed by atoms with van der Waals surface area (Å²) >= 11 is 5.53. The van der Waals surface area contributed by atoms with Crippen LogP contribution in [0.3, 0.4) is 0 Å². The number of rotatable bonds is 6. The molecule has 4 rings (SSSR count). The highest BCUT2D eigenvalue weighted by Gasteiger charge is 2.60. The van der Waals surface area contributed by atoms with E-state index >= 15 is 4.39 Å². The van der Waals surface area contributed by atoms with Crippen LogP contribution in [0.5, 0.6) is 0 Å². The second-order valence-electron chi connectivity index (χ2n) is 8.77. The van der Waals surface area contributed by atoms with E-state index in [2.05, 4.69) is 5.32 Å². The first kappa shape index (κ1) is 25.6. The standard InChI is InChI=1S/C25H22F4N4O2S/c1-31-19(34)5-2-4-15-6-9-17(10-7-15)33-23(36)32(22(35)24(33)12-3-13-24)18-11-8-16(14-30)20(21(18)26)25(27,28)29/h6-11H,2-5,12-13H2,1H3,(H,31,34). The second kappa shape index (κ2) is 9.50. The lowest BCUT2D eigenvalue weighted by molar-refractivity contribution is -0.140. The molecule has 2 aliphatic rings. The van der Waals surface area contributed by atoms with Gasteiger partial charge < -0.3 is 10.2 Å². The Morgan fingerprint density at radius 1 is 1.19 bits per heavy atom. The van der Waals surface area contributed by atoms with E-state index in [1.54, 1.807) is 24.1 Å². The van der Waals surface area contributed by atoms with Crippen molar-refractivity contribution in [3.63, 3.8) is 0 Å². The number of anilines is 2. The van der Waals surface area contributed by atoms with Gasteiger partial charge in [0.05, 0.1) is 17.3 Å². The van der Waals surface area contributed by atoms with Crippen LogP contribution >= 0.6 is 12.2 Å². The first-order valence-electron chi connectivity index (χ1n) is 11.3. The first-order valence-corrected chi connectivity index (χ1v) is 11.7. The average molecular weight is 519 g/mol. The van der Waals surface area contributed by atoms with Crippen molar-refractivity contribution in [1.29, 1.82) is 5.26 Å². The van der Waals surface area contributed by atoms with Crippen LogP contribution in [0.1, 0.15) is 48.8 Å². The summed E-state index contributed by atoms with van der Waals surface area (Å²) in [7, 11) is 1.57. The summed E-state index contributed by atoms with van der Waals surface area (Å²) < 4.78 is 55.9. The number of carbonyl (C=O) groups is 2. The van der Waals surface area contributed by atoms with Crippen molar-refractivity contribution in [2.75, 3.05) is 16.8 Å². The lowest BCUT2D eigenvalue weighted by Crippen LogP contribution is -2.55. The third-order valence-electron chi connectivity index (χ3n) is 6.70. The van der Waals surface area contributed by atoms with E-state index in [9.17, 15) is 22.8 Å². The number of hydrogen-bond donors (Lipinski definition) is 1. The highest BCUT2D eigenvalue weighted by Crippen LogP contribution is 2.49. The summed E-state index contributed by atoms with van der Waals surface area (Å²) in [5, 5.41) is 11.5. The molecule has 0 unspecified atom stereocenters. The maximum absolute atomic E-state index is 15.2. The number of halogens is 4. The fourth-order valence-electron chi connectivity index (χ4n) is 4.69. The molecule has 1 heterocycles. The van der Waals surface area contributed by atoms with Gasteiger partial charge in [0.1, 0.15) is 11.1 Å². The quantitative estimate of drug-likeness (QED) is 0.437. The number of benzene rings is 2. The third kappa shape index (κ3) is 4.19. The molecule has 1 aliphatic heterocycles. The van der Waals surface area contributed by atoms with Crippen molar-refractivity contribution in [3.8, 4) is 6.07 Å². The van der Waals surface area contributed by atoms with Gasteiger partial charge in [-0.25, -0.2) is 4.39 Å². The van der Waals surface area contributed by atoms with Gasteiger partial charge >= 0.3 is 6.18 Å². The monoisotopic (exact) mass is 518 g/mol. The number of nitriles is 1. The molecule has 0 aromatic heterocycles. The molecule has 11 heteroatoms. The van der Waals surface area contributed by atoms with Gasteiger partial charge in [-0.1, -0.05) is 12.1 Å². The van der Waals surface area contributed by atoms with E-state index in [1.807, 2.05) is 12.1 Å². The van der Waals surface area contributed by atoms with E-state index in [0.717, 1.165) is 22.6 Å². The van der Waals surface area contributed by atoms with Crippen molar-refractivity contribution in [2.24, 2.45) is 0 Å². The molecule has 1 saturated heterocycles. The van der Waals surface area contributed by atoms with Crippen LogP contribution in [0, 0.1) is 17.1 Å². The Bertz CT molecular complexity index is 1270. The molecule has 1 N–H and O–H groups in total. The zero-order valence-corrected chi connectivity index (χ0v) is 20.1. The predicted octanol–water partition coefficient (Wildman–Crippen LogP) is 4.85.